The number of rotatable bonds is 3. The van der Waals surface area contributed by atoms with Gasteiger partial charge in [0.1, 0.15) is 6.26 Å². The molecular weight excluding hydrogens is 242 g/mol. The third kappa shape index (κ3) is 2.39. The molecule has 1 aromatic heterocycles. The number of sulfonamides is 1. The van der Waals surface area contributed by atoms with Crippen molar-refractivity contribution < 1.29 is 12.9 Å². The quantitative estimate of drug-likeness (QED) is 0.805. The molecule has 1 aromatic carbocycles. The van der Waals surface area contributed by atoms with Crippen LogP contribution in [0.4, 0.5) is 11.5 Å². The van der Waals surface area contributed by atoms with Gasteiger partial charge < -0.3 is 10.3 Å². The second-order valence-corrected chi connectivity index (χ2v) is 5.19. The van der Waals surface area contributed by atoms with Crippen LogP contribution in [-0.4, -0.2) is 13.6 Å². The van der Waals surface area contributed by atoms with Gasteiger partial charge in [0.2, 0.25) is 0 Å². The minimum absolute atomic E-state index is 0.132. The van der Waals surface area contributed by atoms with Crippen LogP contribution in [0.5, 0.6) is 0 Å². The standard InChI is InChI=1S/C10H11N3O3S/c1-7-6-8(2-3-9(7)11)17(14,15)13-10-4-5-16-12-10/h2-6H,11H2,1H3,(H,12,13). The molecule has 0 radical (unpaired) electrons. The van der Waals surface area contributed by atoms with E-state index in [1.54, 1.807) is 13.0 Å². The van der Waals surface area contributed by atoms with E-state index in [4.69, 9.17) is 5.73 Å². The first-order chi connectivity index (χ1) is 7.99. The summed E-state index contributed by atoms with van der Waals surface area (Å²) in [5.41, 5.74) is 6.87. The molecule has 0 unspecified atom stereocenters. The van der Waals surface area contributed by atoms with Crippen molar-refractivity contribution in [2.45, 2.75) is 11.8 Å². The molecule has 2 rings (SSSR count). The van der Waals surface area contributed by atoms with Crippen LogP contribution < -0.4 is 10.5 Å². The van der Waals surface area contributed by atoms with Crippen LogP contribution in [0.25, 0.3) is 0 Å². The number of anilines is 2. The molecule has 0 aliphatic carbocycles. The monoisotopic (exact) mass is 253 g/mol. The summed E-state index contributed by atoms with van der Waals surface area (Å²) in [4.78, 5) is 0.132. The topological polar surface area (TPSA) is 98.2 Å². The van der Waals surface area contributed by atoms with Gasteiger partial charge in [0, 0.05) is 11.8 Å². The predicted molar refractivity (Wildman–Crippen MR) is 62.9 cm³/mol. The van der Waals surface area contributed by atoms with Crippen molar-refractivity contribution in [3.05, 3.63) is 36.1 Å². The van der Waals surface area contributed by atoms with E-state index in [-0.39, 0.29) is 10.7 Å². The molecule has 0 atom stereocenters. The first-order valence-corrected chi connectivity index (χ1v) is 6.27. The number of hydrogen-bond donors (Lipinski definition) is 2. The maximum atomic E-state index is 11.9. The van der Waals surface area contributed by atoms with Gasteiger partial charge in [-0.1, -0.05) is 5.16 Å². The lowest BCUT2D eigenvalue weighted by Crippen LogP contribution is -2.13. The van der Waals surface area contributed by atoms with E-state index in [9.17, 15) is 8.42 Å². The lowest BCUT2D eigenvalue weighted by atomic mass is 10.2. The summed E-state index contributed by atoms with van der Waals surface area (Å²) in [6.07, 6.45) is 1.28. The Labute approximate surface area is 98.5 Å². The van der Waals surface area contributed by atoms with Crippen LogP contribution in [0.15, 0.2) is 39.9 Å². The first-order valence-electron chi connectivity index (χ1n) is 4.78. The third-order valence-corrected chi connectivity index (χ3v) is 3.58. The molecule has 0 saturated heterocycles. The number of aryl methyl sites for hydroxylation is 1. The van der Waals surface area contributed by atoms with E-state index in [1.165, 1.54) is 24.5 Å². The van der Waals surface area contributed by atoms with Gasteiger partial charge in [-0.2, -0.15) is 0 Å². The van der Waals surface area contributed by atoms with Crippen molar-refractivity contribution in [1.29, 1.82) is 0 Å². The van der Waals surface area contributed by atoms with Crippen LogP contribution in [0, 0.1) is 6.92 Å². The van der Waals surface area contributed by atoms with Crippen LogP contribution in [0.1, 0.15) is 5.56 Å². The van der Waals surface area contributed by atoms with Gasteiger partial charge in [0.05, 0.1) is 4.90 Å². The number of benzene rings is 1. The molecule has 0 aliphatic rings. The van der Waals surface area contributed by atoms with Crippen molar-refractivity contribution in [3.63, 3.8) is 0 Å². The highest BCUT2D eigenvalue weighted by atomic mass is 32.2. The van der Waals surface area contributed by atoms with Crippen molar-refractivity contribution in [2.24, 2.45) is 0 Å². The normalized spacial score (nSPS) is 11.4. The first kappa shape index (κ1) is 11.5. The van der Waals surface area contributed by atoms with Crippen LogP contribution >= 0.6 is 0 Å². The van der Waals surface area contributed by atoms with Gasteiger partial charge >= 0.3 is 0 Å². The molecule has 0 bridgehead atoms. The van der Waals surface area contributed by atoms with Crippen molar-refractivity contribution >= 4 is 21.5 Å². The molecule has 90 valence electrons. The van der Waals surface area contributed by atoms with Gasteiger partial charge in [-0.15, -0.1) is 0 Å². The summed E-state index contributed by atoms with van der Waals surface area (Å²) in [5, 5.41) is 3.48. The fraction of sp³-hybridized carbons (Fsp3) is 0.100. The molecule has 2 aromatic rings. The zero-order valence-corrected chi connectivity index (χ0v) is 9.86. The Balaban J connectivity index is 2.35. The van der Waals surface area contributed by atoms with E-state index in [0.717, 1.165) is 0 Å². The summed E-state index contributed by atoms with van der Waals surface area (Å²) in [6, 6.07) is 5.90. The summed E-state index contributed by atoms with van der Waals surface area (Å²) in [6.45, 7) is 1.74. The molecule has 0 spiro atoms. The summed E-state index contributed by atoms with van der Waals surface area (Å²) in [7, 11) is -3.65. The van der Waals surface area contributed by atoms with E-state index >= 15 is 0 Å². The second kappa shape index (κ2) is 4.10. The van der Waals surface area contributed by atoms with Gasteiger partial charge in [-0.3, -0.25) is 4.72 Å². The SMILES string of the molecule is Cc1cc(S(=O)(=O)Nc2ccon2)ccc1N. The zero-order chi connectivity index (χ0) is 12.5. The Morgan fingerprint density at radius 2 is 2.12 bits per heavy atom. The highest BCUT2D eigenvalue weighted by Gasteiger charge is 2.16. The number of nitrogens with one attached hydrogen (secondary N) is 1. The Morgan fingerprint density at radius 3 is 2.71 bits per heavy atom. The Kier molecular flexibility index (Phi) is 2.76. The summed E-state index contributed by atoms with van der Waals surface area (Å²) >= 11 is 0. The van der Waals surface area contributed by atoms with Crippen molar-refractivity contribution in [3.8, 4) is 0 Å². The maximum Gasteiger partial charge on any atom is 0.263 e. The lowest BCUT2D eigenvalue weighted by molar-refractivity contribution is 0.423. The molecule has 7 heteroatoms. The van der Waals surface area contributed by atoms with Crippen molar-refractivity contribution in [1.82, 2.24) is 5.16 Å². The Bertz CT molecular complexity index is 620. The number of nitrogen functional groups attached to an aromatic ring is 1. The third-order valence-electron chi connectivity index (χ3n) is 2.23. The average molecular weight is 253 g/mol. The fourth-order valence-electron chi connectivity index (χ4n) is 1.28. The molecule has 0 saturated carbocycles. The maximum absolute atomic E-state index is 11.9. The highest BCUT2D eigenvalue weighted by Crippen LogP contribution is 2.19. The molecule has 0 fully saturated rings. The largest absolute Gasteiger partial charge is 0.399 e. The summed E-state index contributed by atoms with van der Waals surface area (Å²) in [5.74, 6) is 0.138. The van der Waals surface area contributed by atoms with Gasteiger partial charge in [0.25, 0.3) is 10.0 Å². The van der Waals surface area contributed by atoms with Crippen LogP contribution in [0.2, 0.25) is 0 Å². The number of nitrogens with two attached hydrogens (primary N) is 1. The van der Waals surface area contributed by atoms with Gasteiger partial charge in [0.15, 0.2) is 5.82 Å². The second-order valence-electron chi connectivity index (χ2n) is 3.51. The highest BCUT2D eigenvalue weighted by molar-refractivity contribution is 7.92. The molecular formula is C10H11N3O3S. The Morgan fingerprint density at radius 1 is 1.35 bits per heavy atom. The van der Waals surface area contributed by atoms with Gasteiger partial charge in [-0.25, -0.2) is 8.42 Å². The van der Waals surface area contributed by atoms with E-state index < -0.39 is 10.0 Å². The lowest BCUT2D eigenvalue weighted by Gasteiger charge is -2.06. The molecule has 6 nitrogen and oxygen atoms in total. The number of aromatic nitrogens is 1. The molecule has 3 N–H and O–H groups in total. The zero-order valence-electron chi connectivity index (χ0n) is 9.04. The fourth-order valence-corrected chi connectivity index (χ4v) is 2.35. The Hall–Kier alpha value is -2.02. The van der Waals surface area contributed by atoms with Gasteiger partial charge in [-0.05, 0) is 30.7 Å². The van der Waals surface area contributed by atoms with E-state index in [1.807, 2.05) is 0 Å². The minimum Gasteiger partial charge on any atom is -0.399 e. The minimum atomic E-state index is -3.65. The predicted octanol–water partition coefficient (Wildman–Crippen LogP) is 1.37. The van der Waals surface area contributed by atoms with E-state index in [2.05, 4.69) is 14.4 Å². The summed E-state index contributed by atoms with van der Waals surface area (Å²) < 4.78 is 30.7. The van der Waals surface area contributed by atoms with Crippen molar-refractivity contribution in [2.75, 3.05) is 10.5 Å². The van der Waals surface area contributed by atoms with Crippen LogP contribution in [-0.2, 0) is 10.0 Å². The molecule has 1 heterocycles. The molecule has 17 heavy (non-hydrogen) atoms. The number of nitrogens with zero attached hydrogens (tertiary/aromatic N) is 1. The average Bonchev–Trinajstić information content (AvgIpc) is 2.73. The molecule has 0 aliphatic heterocycles. The number of hydrogen-bond acceptors (Lipinski definition) is 5. The van der Waals surface area contributed by atoms with Crippen LogP contribution in [0.3, 0.4) is 0 Å². The van der Waals surface area contributed by atoms with E-state index in [0.29, 0.717) is 11.3 Å². The smallest absolute Gasteiger partial charge is 0.263 e. The molecule has 0 amide bonds.